The molecule has 0 saturated heterocycles. The lowest BCUT2D eigenvalue weighted by Crippen LogP contribution is -2.39. The lowest BCUT2D eigenvalue weighted by molar-refractivity contribution is 0.0947. The second kappa shape index (κ2) is 8.08. The van der Waals surface area contributed by atoms with E-state index in [2.05, 4.69) is 18.7 Å². The van der Waals surface area contributed by atoms with Gasteiger partial charge >= 0.3 is 0 Å². The molecule has 0 spiro atoms. The number of rotatable bonds is 8. The van der Waals surface area contributed by atoms with Gasteiger partial charge in [-0.25, -0.2) is 0 Å². The van der Waals surface area contributed by atoms with Crippen LogP contribution in [-0.2, 0) is 0 Å². The molecule has 0 aliphatic heterocycles. The topological polar surface area (TPSA) is 40.5 Å². The summed E-state index contributed by atoms with van der Waals surface area (Å²) in [7, 11) is 2.01. The Morgan fingerprint density at radius 1 is 1.26 bits per heavy atom. The maximum atomic E-state index is 11.9. The maximum absolute atomic E-state index is 11.9. The van der Waals surface area contributed by atoms with E-state index in [1.165, 1.54) is 0 Å². The molecule has 1 aromatic rings. The minimum absolute atomic E-state index is 0.167. The molecule has 0 fully saturated rings. The molecule has 3 heteroatoms. The van der Waals surface area contributed by atoms with Gasteiger partial charge in [-0.2, -0.15) is 0 Å². The molecule has 0 saturated carbocycles. The van der Waals surface area contributed by atoms with E-state index in [1.807, 2.05) is 37.4 Å². The number of hydrogen-bond acceptors (Lipinski definition) is 3. The number of benzene rings is 1. The van der Waals surface area contributed by atoms with Crippen LogP contribution in [0.15, 0.2) is 30.3 Å². The highest BCUT2D eigenvalue weighted by molar-refractivity contribution is 5.95. The largest absolute Gasteiger partial charge is 0.395 e. The van der Waals surface area contributed by atoms with Crippen molar-refractivity contribution in [1.82, 2.24) is 4.90 Å². The standard InChI is InChI=1S/C16H25NO2/c1-13(2)15(12-18)17(3)11-7-10-16(19)14-8-5-4-6-9-14/h4-6,8-9,13,15,18H,7,10-12H2,1-3H3/t15-/m1/s1. The molecule has 19 heavy (non-hydrogen) atoms. The number of carbonyl (C=O) groups excluding carboxylic acids is 1. The van der Waals surface area contributed by atoms with Crippen LogP contribution in [-0.4, -0.2) is 42.0 Å². The van der Waals surface area contributed by atoms with Gasteiger partial charge in [0, 0.05) is 18.0 Å². The van der Waals surface area contributed by atoms with Crippen LogP contribution in [0.2, 0.25) is 0 Å². The van der Waals surface area contributed by atoms with Crippen LogP contribution in [0.1, 0.15) is 37.0 Å². The van der Waals surface area contributed by atoms with Crippen LogP contribution in [0.25, 0.3) is 0 Å². The number of hydrogen-bond donors (Lipinski definition) is 1. The first-order chi connectivity index (χ1) is 9.06. The molecule has 106 valence electrons. The van der Waals surface area contributed by atoms with E-state index in [4.69, 9.17) is 0 Å². The molecule has 0 bridgehead atoms. The van der Waals surface area contributed by atoms with Crippen LogP contribution in [0.5, 0.6) is 0 Å². The van der Waals surface area contributed by atoms with Gasteiger partial charge < -0.3 is 10.0 Å². The summed E-state index contributed by atoms with van der Waals surface area (Å²) in [5.74, 6) is 0.610. The average molecular weight is 263 g/mol. The molecule has 1 rings (SSSR count). The van der Waals surface area contributed by atoms with Gasteiger partial charge in [-0.15, -0.1) is 0 Å². The average Bonchev–Trinajstić information content (AvgIpc) is 2.40. The SMILES string of the molecule is CC(C)[C@@H](CO)N(C)CCCC(=O)c1ccccc1. The zero-order chi connectivity index (χ0) is 14.3. The molecule has 0 radical (unpaired) electrons. The predicted molar refractivity (Wildman–Crippen MR) is 78.3 cm³/mol. The quantitative estimate of drug-likeness (QED) is 0.733. The summed E-state index contributed by atoms with van der Waals surface area (Å²) < 4.78 is 0. The molecular formula is C16H25NO2. The normalized spacial score (nSPS) is 12.9. The summed E-state index contributed by atoms with van der Waals surface area (Å²) in [5, 5.41) is 9.34. The fourth-order valence-corrected chi connectivity index (χ4v) is 2.28. The highest BCUT2D eigenvalue weighted by atomic mass is 16.3. The van der Waals surface area contributed by atoms with Crippen molar-refractivity contribution in [3.05, 3.63) is 35.9 Å². The smallest absolute Gasteiger partial charge is 0.162 e. The van der Waals surface area contributed by atoms with Gasteiger partial charge in [0.2, 0.25) is 0 Å². The number of nitrogens with zero attached hydrogens (tertiary/aromatic N) is 1. The molecule has 3 nitrogen and oxygen atoms in total. The third-order valence-electron chi connectivity index (χ3n) is 3.53. The Morgan fingerprint density at radius 3 is 2.42 bits per heavy atom. The van der Waals surface area contributed by atoms with Crippen LogP contribution < -0.4 is 0 Å². The van der Waals surface area contributed by atoms with E-state index in [0.29, 0.717) is 12.3 Å². The van der Waals surface area contributed by atoms with E-state index in [-0.39, 0.29) is 18.4 Å². The summed E-state index contributed by atoms with van der Waals surface area (Å²) in [6.45, 7) is 5.21. The molecule has 1 N–H and O–H groups in total. The van der Waals surface area contributed by atoms with Gasteiger partial charge in [-0.3, -0.25) is 4.79 Å². The Balaban J connectivity index is 2.36. The first-order valence-electron chi connectivity index (χ1n) is 6.95. The minimum Gasteiger partial charge on any atom is -0.395 e. The monoisotopic (exact) mass is 263 g/mol. The summed E-state index contributed by atoms with van der Waals surface area (Å²) in [6.07, 6.45) is 1.39. The molecule has 0 unspecified atom stereocenters. The first kappa shape index (κ1) is 15.9. The Kier molecular flexibility index (Phi) is 6.74. The lowest BCUT2D eigenvalue weighted by atomic mass is 10.0. The predicted octanol–water partition coefficient (Wildman–Crippen LogP) is 2.60. The number of aliphatic hydroxyl groups is 1. The van der Waals surface area contributed by atoms with Crippen molar-refractivity contribution in [2.45, 2.75) is 32.7 Å². The van der Waals surface area contributed by atoms with Gasteiger partial charge in [0.05, 0.1) is 6.61 Å². The molecule has 0 aliphatic carbocycles. The number of aliphatic hydroxyl groups excluding tert-OH is 1. The third-order valence-corrected chi connectivity index (χ3v) is 3.53. The van der Waals surface area contributed by atoms with Crippen molar-refractivity contribution in [3.63, 3.8) is 0 Å². The molecule has 0 amide bonds. The van der Waals surface area contributed by atoms with E-state index < -0.39 is 0 Å². The van der Waals surface area contributed by atoms with Crippen molar-refractivity contribution in [1.29, 1.82) is 0 Å². The van der Waals surface area contributed by atoms with Crippen LogP contribution >= 0.6 is 0 Å². The summed E-state index contributed by atoms with van der Waals surface area (Å²) in [6, 6.07) is 9.58. The van der Waals surface area contributed by atoms with Gasteiger partial charge in [0.15, 0.2) is 5.78 Å². The van der Waals surface area contributed by atoms with E-state index in [0.717, 1.165) is 18.5 Å². The van der Waals surface area contributed by atoms with Gasteiger partial charge in [0.1, 0.15) is 0 Å². The van der Waals surface area contributed by atoms with Crippen molar-refractivity contribution < 1.29 is 9.90 Å². The Morgan fingerprint density at radius 2 is 1.89 bits per heavy atom. The van der Waals surface area contributed by atoms with Gasteiger partial charge in [0.25, 0.3) is 0 Å². The van der Waals surface area contributed by atoms with Crippen molar-refractivity contribution >= 4 is 5.78 Å². The second-order valence-electron chi connectivity index (χ2n) is 5.37. The number of carbonyl (C=O) groups is 1. The van der Waals surface area contributed by atoms with Gasteiger partial charge in [-0.05, 0) is 25.9 Å². The van der Waals surface area contributed by atoms with Gasteiger partial charge in [-0.1, -0.05) is 44.2 Å². The zero-order valence-electron chi connectivity index (χ0n) is 12.2. The fourth-order valence-electron chi connectivity index (χ4n) is 2.28. The maximum Gasteiger partial charge on any atom is 0.162 e. The molecule has 0 aromatic heterocycles. The molecule has 1 aromatic carbocycles. The number of ketones is 1. The molecular weight excluding hydrogens is 238 g/mol. The third kappa shape index (κ3) is 5.13. The highest BCUT2D eigenvalue weighted by Gasteiger charge is 2.17. The van der Waals surface area contributed by atoms with Crippen LogP contribution in [0.4, 0.5) is 0 Å². The number of likely N-dealkylation sites (N-methyl/N-ethyl adjacent to an activating group) is 1. The highest BCUT2D eigenvalue weighted by Crippen LogP contribution is 2.11. The molecule has 0 aliphatic rings. The first-order valence-corrected chi connectivity index (χ1v) is 6.95. The van der Waals surface area contributed by atoms with Crippen molar-refractivity contribution in [3.8, 4) is 0 Å². The van der Waals surface area contributed by atoms with Crippen molar-refractivity contribution in [2.75, 3.05) is 20.2 Å². The van der Waals surface area contributed by atoms with E-state index >= 15 is 0 Å². The Labute approximate surface area is 116 Å². The Hall–Kier alpha value is -1.19. The van der Waals surface area contributed by atoms with Crippen LogP contribution in [0.3, 0.4) is 0 Å². The fraction of sp³-hybridized carbons (Fsp3) is 0.562. The van der Waals surface area contributed by atoms with E-state index in [1.54, 1.807) is 0 Å². The second-order valence-corrected chi connectivity index (χ2v) is 5.37. The Bertz CT molecular complexity index is 376. The van der Waals surface area contributed by atoms with Crippen molar-refractivity contribution in [2.24, 2.45) is 5.92 Å². The summed E-state index contributed by atoms with van der Waals surface area (Å²) in [5.41, 5.74) is 0.785. The molecule has 0 heterocycles. The van der Waals surface area contributed by atoms with Crippen LogP contribution in [0, 0.1) is 5.92 Å². The zero-order valence-corrected chi connectivity index (χ0v) is 12.2. The van der Waals surface area contributed by atoms with E-state index in [9.17, 15) is 9.90 Å². The molecule has 1 atom stereocenters. The minimum atomic E-state index is 0.167. The summed E-state index contributed by atoms with van der Waals surface area (Å²) in [4.78, 5) is 14.1. The summed E-state index contributed by atoms with van der Waals surface area (Å²) >= 11 is 0. The lowest BCUT2D eigenvalue weighted by Gasteiger charge is -2.29. The number of Topliss-reactive ketones (excluding diaryl/α,β-unsaturated/α-hetero) is 1.